The second-order valence-corrected chi connectivity index (χ2v) is 8.29. The summed E-state index contributed by atoms with van der Waals surface area (Å²) in [5.41, 5.74) is -0.196. The van der Waals surface area contributed by atoms with Gasteiger partial charge >= 0.3 is 0 Å². The molecule has 0 radical (unpaired) electrons. The lowest BCUT2D eigenvalue weighted by atomic mass is 9.87. The van der Waals surface area contributed by atoms with Crippen molar-refractivity contribution in [1.82, 2.24) is 5.32 Å². The van der Waals surface area contributed by atoms with Crippen LogP contribution in [0.5, 0.6) is 0 Å². The second-order valence-electron chi connectivity index (χ2n) is 6.13. The lowest BCUT2D eigenvalue weighted by molar-refractivity contribution is -0.384. The highest BCUT2D eigenvalue weighted by molar-refractivity contribution is 7.92. The smallest absolute Gasteiger partial charge is 0.269 e. The standard InChI is InChI=1S/C14H20N2O4S/c1-14(2)9-8-12(13(14)15-3)21(19,20)11-6-4-10(5-7-11)16(17)18/h4-7,12-13,15H,8-9H2,1-3H3. The zero-order chi connectivity index (χ0) is 15.8. The number of nitrogens with one attached hydrogen (secondary N) is 1. The molecule has 0 amide bonds. The van der Waals surface area contributed by atoms with Gasteiger partial charge in [-0.05, 0) is 37.4 Å². The van der Waals surface area contributed by atoms with Gasteiger partial charge in [0.1, 0.15) is 0 Å². The van der Waals surface area contributed by atoms with Crippen LogP contribution in [0, 0.1) is 15.5 Å². The zero-order valence-corrected chi connectivity index (χ0v) is 13.2. The van der Waals surface area contributed by atoms with Gasteiger partial charge in [-0.1, -0.05) is 13.8 Å². The molecule has 2 rings (SSSR count). The van der Waals surface area contributed by atoms with Crippen molar-refractivity contribution in [2.75, 3.05) is 7.05 Å². The Hall–Kier alpha value is -1.47. The fraction of sp³-hybridized carbons (Fsp3) is 0.571. The van der Waals surface area contributed by atoms with Crippen molar-refractivity contribution in [3.63, 3.8) is 0 Å². The van der Waals surface area contributed by atoms with Crippen LogP contribution >= 0.6 is 0 Å². The summed E-state index contributed by atoms with van der Waals surface area (Å²) >= 11 is 0. The van der Waals surface area contributed by atoms with E-state index in [9.17, 15) is 18.5 Å². The summed E-state index contributed by atoms with van der Waals surface area (Å²) in [7, 11) is -1.72. The summed E-state index contributed by atoms with van der Waals surface area (Å²) in [6.45, 7) is 4.11. The summed E-state index contributed by atoms with van der Waals surface area (Å²) in [6.07, 6.45) is 1.42. The molecule has 116 valence electrons. The number of rotatable bonds is 4. The summed E-state index contributed by atoms with van der Waals surface area (Å²) in [4.78, 5) is 10.3. The molecule has 1 N–H and O–H groups in total. The molecule has 0 heterocycles. The maximum absolute atomic E-state index is 12.8. The SMILES string of the molecule is CNC1C(S(=O)(=O)c2ccc([N+](=O)[O-])cc2)CCC1(C)C. The van der Waals surface area contributed by atoms with Gasteiger partial charge in [-0.25, -0.2) is 8.42 Å². The van der Waals surface area contributed by atoms with Crippen LogP contribution in [0.1, 0.15) is 26.7 Å². The lowest BCUT2D eigenvalue weighted by Crippen LogP contribution is -2.45. The number of non-ortho nitro benzene ring substituents is 1. The molecule has 2 atom stereocenters. The van der Waals surface area contributed by atoms with E-state index in [0.717, 1.165) is 6.42 Å². The molecule has 7 heteroatoms. The first-order valence-electron chi connectivity index (χ1n) is 6.86. The highest BCUT2D eigenvalue weighted by Crippen LogP contribution is 2.42. The minimum atomic E-state index is -3.50. The highest BCUT2D eigenvalue weighted by Gasteiger charge is 2.47. The second kappa shape index (κ2) is 5.38. The molecule has 21 heavy (non-hydrogen) atoms. The van der Waals surface area contributed by atoms with Gasteiger partial charge in [-0.3, -0.25) is 10.1 Å². The summed E-state index contributed by atoms with van der Waals surface area (Å²) in [5.74, 6) is 0. The van der Waals surface area contributed by atoms with E-state index in [4.69, 9.17) is 0 Å². The van der Waals surface area contributed by atoms with E-state index in [1.165, 1.54) is 24.3 Å². The molecule has 1 aromatic rings. The van der Waals surface area contributed by atoms with Crippen molar-refractivity contribution in [3.05, 3.63) is 34.4 Å². The van der Waals surface area contributed by atoms with Gasteiger partial charge in [0.15, 0.2) is 9.84 Å². The first-order chi connectivity index (χ1) is 9.70. The highest BCUT2D eigenvalue weighted by atomic mass is 32.2. The molecule has 0 spiro atoms. The van der Waals surface area contributed by atoms with Crippen LogP contribution in [0.3, 0.4) is 0 Å². The van der Waals surface area contributed by atoms with Gasteiger partial charge in [-0.2, -0.15) is 0 Å². The fourth-order valence-electron chi connectivity index (χ4n) is 3.18. The number of hydrogen-bond donors (Lipinski definition) is 1. The Kier molecular flexibility index (Phi) is 4.08. The van der Waals surface area contributed by atoms with Gasteiger partial charge < -0.3 is 5.32 Å². The molecule has 1 aliphatic rings. The Balaban J connectivity index is 2.36. The molecular formula is C14H20N2O4S. The number of hydrogen-bond acceptors (Lipinski definition) is 5. The lowest BCUT2D eigenvalue weighted by Gasteiger charge is -2.30. The third kappa shape index (κ3) is 2.80. The molecule has 0 bridgehead atoms. The van der Waals surface area contributed by atoms with Crippen molar-refractivity contribution in [1.29, 1.82) is 0 Å². The minimum absolute atomic E-state index is 0.0900. The summed E-state index contributed by atoms with van der Waals surface area (Å²) in [6, 6.07) is 5.00. The van der Waals surface area contributed by atoms with Crippen molar-refractivity contribution < 1.29 is 13.3 Å². The van der Waals surface area contributed by atoms with E-state index in [0.29, 0.717) is 6.42 Å². The molecule has 1 saturated carbocycles. The van der Waals surface area contributed by atoms with Crippen LogP contribution in [0.2, 0.25) is 0 Å². The summed E-state index contributed by atoms with van der Waals surface area (Å²) < 4.78 is 25.5. The van der Waals surface area contributed by atoms with Crippen LogP contribution in [-0.4, -0.2) is 31.7 Å². The average molecular weight is 312 g/mol. The van der Waals surface area contributed by atoms with E-state index in [1.807, 2.05) is 0 Å². The van der Waals surface area contributed by atoms with Crippen molar-refractivity contribution >= 4 is 15.5 Å². The quantitative estimate of drug-likeness (QED) is 0.679. The van der Waals surface area contributed by atoms with Gasteiger partial charge in [0.05, 0.1) is 15.1 Å². The maximum atomic E-state index is 12.8. The number of nitro groups is 1. The normalized spacial score (nSPS) is 24.9. The van der Waals surface area contributed by atoms with Crippen molar-refractivity contribution in [2.45, 2.75) is 42.9 Å². The Morgan fingerprint density at radius 2 is 1.86 bits per heavy atom. The topological polar surface area (TPSA) is 89.3 Å². The Bertz CT molecular complexity index is 637. The fourth-order valence-corrected chi connectivity index (χ4v) is 5.34. The molecule has 6 nitrogen and oxygen atoms in total. The predicted octanol–water partition coefficient (Wildman–Crippen LogP) is 2.15. The van der Waals surface area contributed by atoms with Gasteiger partial charge in [0.2, 0.25) is 0 Å². The molecule has 1 aromatic carbocycles. The Morgan fingerprint density at radius 3 is 2.33 bits per heavy atom. The van der Waals surface area contributed by atoms with Gasteiger partial charge in [0, 0.05) is 18.2 Å². The van der Waals surface area contributed by atoms with Crippen LogP contribution < -0.4 is 5.32 Å². The van der Waals surface area contributed by atoms with E-state index in [1.54, 1.807) is 7.05 Å². The first kappa shape index (κ1) is 15.9. The molecule has 0 aliphatic heterocycles. The number of sulfone groups is 1. The number of nitrogens with zero attached hydrogens (tertiary/aromatic N) is 1. The predicted molar refractivity (Wildman–Crippen MR) is 79.9 cm³/mol. The maximum Gasteiger partial charge on any atom is 0.269 e. The minimum Gasteiger partial charge on any atom is -0.315 e. The zero-order valence-electron chi connectivity index (χ0n) is 12.4. The van der Waals surface area contributed by atoms with Crippen LogP contribution in [0.4, 0.5) is 5.69 Å². The largest absolute Gasteiger partial charge is 0.315 e. The van der Waals surface area contributed by atoms with Crippen LogP contribution in [0.25, 0.3) is 0 Å². The van der Waals surface area contributed by atoms with Crippen molar-refractivity contribution in [2.24, 2.45) is 5.41 Å². The molecular weight excluding hydrogens is 292 g/mol. The van der Waals surface area contributed by atoms with E-state index >= 15 is 0 Å². The third-order valence-corrected chi connectivity index (χ3v) is 6.61. The van der Waals surface area contributed by atoms with Crippen molar-refractivity contribution in [3.8, 4) is 0 Å². The number of nitro benzene ring substituents is 1. The Labute approximate surface area is 124 Å². The van der Waals surface area contributed by atoms with Crippen LogP contribution in [0.15, 0.2) is 29.2 Å². The van der Waals surface area contributed by atoms with Gasteiger partial charge in [0.25, 0.3) is 5.69 Å². The number of benzene rings is 1. The Morgan fingerprint density at radius 1 is 1.29 bits per heavy atom. The molecule has 1 aliphatic carbocycles. The third-order valence-electron chi connectivity index (χ3n) is 4.37. The van der Waals surface area contributed by atoms with E-state index in [2.05, 4.69) is 19.2 Å². The molecule has 1 fully saturated rings. The van der Waals surface area contributed by atoms with Gasteiger partial charge in [-0.15, -0.1) is 0 Å². The van der Waals surface area contributed by atoms with E-state index in [-0.39, 0.29) is 22.0 Å². The first-order valence-corrected chi connectivity index (χ1v) is 8.40. The van der Waals surface area contributed by atoms with E-state index < -0.39 is 20.0 Å². The molecule has 0 saturated heterocycles. The monoisotopic (exact) mass is 312 g/mol. The van der Waals surface area contributed by atoms with Crippen LogP contribution in [-0.2, 0) is 9.84 Å². The average Bonchev–Trinajstić information content (AvgIpc) is 2.74. The molecule has 0 aromatic heterocycles. The summed E-state index contributed by atoms with van der Waals surface area (Å²) in [5, 5.41) is 13.3. The molecule has 2 unspecified atom stereocenters.